The standard InChI is InChI=1S/C15H19NO3S/c17-15-7-12(11-19-15)8-16(9-13-3-1-5-18-13)10-14-4-2-6-20-14/h2,4,6-7,13H,1,3,5,8-11H2/t13-/m1/s1. The molecule has 0 aromatic carbocycles. The van der Waals surface area contributed by atoms with Crippen molar-refractivity contribution in [1.82, 2.24) is 4.90 Å². The van der Waals surface area contributed by atoms with Crippen LogP contribution in [0.25, 0.3) is 0 Å². The van der Waals surface area contributed by atoms with Crippen LogP contribution in [0.15, 0.2) is 29.2 Å². The van der Waals surface area contributed by atoms with Crippen molar-refractivity contribution in [1.29, 1.82) is 0 Å². The number of cyclic esters (lactones) is 1. The number of thiophene rings is 1. The zero-order valence-corrected chi connectivity index (χ0v) is 12.2. The lowest BCUT2D eigenvalue weighted by molar-refractivity contribution is -0.134. The second-order valence-corrected chi connectivity index (χ2v) is 6.33. The molecule has 0 N–H and O–H groups in total. The molecule has 108 valence electrons. The van der Waals surface area contributed by atoms with Crippen molar-refractivity contribution in [3.05, 3.63) is 34.0 Å². The predicted molar refractivity (Wildman–Crippen MR) is 77.6 cm³/mol. The fraction of sp³-hybridized carbons (Fsp3) is 0.533. The highest BCUT2D eigenvalue weighted by molar-refractivity contribution is 7.09. The molecular formula is C15H19NO3S. The molecule has 0 radical (unpaired) electrons. The van der Waals surface area contributed by atoms with Gasteiger partial charge in [0.25, 0.3) is 0 Å². The highest BCUT2D eigenvalue weighted by atomic mass is 32.1. The first-order chi connectivity index (χ1) is 9.79. The van der Waals surface area contributed by atoms with E-state index in [2.05, 4.69) is 22.4 Å². The van der Waals surface area contributed by atoms with Gasteiger partial charge in [-0.3, -0.25) is 4.90 Å². The summed E-state index contributed by atoms with van der Waals surface area (Å²) in [4.78, 5) is 14.9. The summed E-state index contributed by atoms with van der Waals surface area (Å²) in [6.07, 6.45) is 4.24. The van der Waals surface area contributed by atoms with Crippen molar-refractivity contribution in [2.45, 2.75) is 25.5 Å². The summed E-state index contributed by atoms with van der Waals surface area (Å²) in [5, 5.41) is 2.10. The van der Waals surface area contributed by atoms with Gasteiger partial charge in [-0.2, -0.15) is 0 Å². The molecule has 4 nitrogen and oxygen atoms in total. The van der Waals surface area contributed by atoms with Crippen LogP contribution in [0.4, 0.5) is 0 Å². The molecule has 3 rings (SSSR count). The number of rotatable bonds is 6. The van der Waals surface area contributed by atoms with E-state index >= 15 is 0 Å². The summed E-state index contributed by atoms with van der Waals surface area (Å²) >= 11 is 1.77. The highest BCUT2D eigenvalue weighted by Crippen LogP contribution is 2.19. The Kier molecular flexibility index (Phi) is 4.50. The van der Waals surface area contributed by atoms with Gasteiger partial charge in [-0.25, -0.2) is 4.79 Å². The van der Waals surface area contributed by atoms with Gasteiger partial charge >= 0.3 is 5.97 Å². The fourth-order valence-corrected chi connectivity index (χ4v) is 3.42. The third kappa shape index (κ3) is 3.69. The maximum atomic E-state index is 11.2. The van der Waals surface area contributed by atoms with Crippen molar-refractivity contribution >= 4 is 17.3 Å². The molecule has 2 aliphatic rings. The summed E-state index contributed by atoms with van der Waals surface area (Å²) in [5.41, 5.74) is 1.06. The third-order valence-electron chi connectivity index (χ3n) is 3.59. The van der Waals surface area contributed by atoms with E-state index in [-0.39, 0.29) is 5.97 Å². The predicted octanol–water partition coefficient (Wildman–Crippen LogP) is 2.21. The number of ether oxygens (including phenoxy) is 2. The summed E-state index contributed by atoms with van der Waals surface area (Å²) in [6.45, 7) is 3.92. The number of nitrogens with zero attached hydrogens (tertiary/aromatic N) is 1. The van der Waals surface area contributed by atoms with E-state index in [9.17, 15) is 4.79 Å². The first-order valence-corrected chi connectivity index (χ1v) is 7.90. The number of carbonyl (C=O) groups is 1. The minimum Gasteiger partial charge on any atom is -0.458 e. The summed E-state index contributed by atoms with van der Waals surface area (Å²) in [6, 6.07) is 4.23. The number of hydrogen-bond acceptors (Lipinski definition) is 5. The zero-order valence-electron chi connectivity index (χ0n) is 11.4. The summed E-state index contributed by atoms with van der Waals surface area (Å²) < 4.78 is 10.7. The molecule has 0 unspecified atom stereocenters. The van der Waals surface area contributed by atoms with Gasteiger partial charge in [-0.05, 0) is 29.9 Å². The number of hydrogen-bond donors (Lipinski definition) is 0. The van der Waals surface area contributed by atoms with E-state index in [4.69, 9.17) is 9.47 Å². The Morgan fingerprint density at radius 2 is 2.35 bits per heavy atom. The molecule has 1 aromatic heterocycles. The Labute approximate surface area is 123 Å². The molecule has 0 amide bonds. The lowest BCUT2D eigenvalue weighted by Gasteiger charge is -2.24. The minimum atomic E-state index is -0.215. The van der Waals surface area contributed by atoms with Gasteiger partial charge in [-0.15, -0.1) is 11.3 Å². The molecule has 1 fully saturated rings. The molecule has 0 spiro atoms. The molecule has 1 saturated heterocycles. The maximum absolute atomic E-state index is 11.2. The van der Waals surface area contributed by atoms with Crippen molar-refractivity contribution < 1.29 is 14.3 Å². The average Bonchev–Trinajstić information content (AvgIpc) is 3.13. The Balaban J connectivity index is 1.62. The zero-order chi connectivity index (χ0) is 13.8. The summed E-state index contributed by atoms with van der Waals surface area (Å²) in [5.74, 6) is -0.215. The number of esters is 1. The first-order valence-electron chi connectivity index (χ1n) is 7.02. The van der Waals surface area contributed by atoms with Crippen molar-refractivity contribution in [3.63, 3.8) is 0 Å². The van der Waals surface area contributed by atoms with Crippen LogP contribution in [-0.4, -0.2) is 43.3 Å². The van der Waals surface area contributed by atoms with Crippen LogP contribution < -0.4 is 0 Å². The SMILES string of the molecule is O=C1C=C(CN(Cc2cccs2)C[C@H]2CCCO2)CO1. The van der Waals surface area contributed by atoms with Crippen molar-refractivity contribution in [2.75, 3.05) is 26.3 Å². The van der Waals surface area contributed by atoms with Crippen LogP contribution in [0, 0.1) is 0 Å². The highest BCUT2D eigenvalue weighted by Gasteiger charge is 2.22. The van der Waals surface area contributed by atoms with Gasteiger partial charge in [0.05, 0.1) is 6.10 Å². The van der Waals surface area contributed by atoms with Crippen LogP contribution >= 0.6 is 11.3 Å². The molecule has 20 heavy (non-hydrogen) atoms. The van der Waals surface area contributed by atoms with E-state index in [0.29, 0.717) is 12.7 Å². The second kappa shape index (κ2) is 6.52. The van der Waals surface area contributed by atoms with E-state index in [1.54, 1.807) is 17.4 Å². The lowest BCUT2D eigenvalue weighted by Crippen LogP contribution is -2.33. The molecule has 1 aromatic rings. The molecule has 3 heterocycles. The topological polar surface area (TPSA) is 38.8 Å². The Hall–Kier alpha value is -1.17. The Bertz CT molecular complexity index is 477. The van der Waals surface area contributed by atoms with E-state index in [1.165, 1.54) is 4.88 Å². The molecule has 0 saturated carbocycles. The molecule has 2 aliphatic heterocycles. The van der Waals surface area contributed by atoms with Gasteiger partial charge in [-0.1, -0.05) is 6.07 Å². The minimum absolute atomic E-state index is 0.215. The smallest absolute Gasteiger partial charge is 0.331 e. The van der Waals surface area contributed by atoms with Crippen LogP contribution in [0.1, 0.15) is 17.7 Å². The van der Waals surface area contributed by atoms with Gasteiger partial charge in [0.15, 0.2) is 0 Å². The van der Waals surface area contributed by atoms with Crippen LogP contribution in [0.5, 0.6) is 0 Å². The largest absolute Gasteiger partial charge is 0.458 e. The van der Waals surface area contributed by atoms with Gasteiger partial charge in [0.2, 0.25) is 0 Å². The average molecular weight is 293 g/mol. The van der Waals surface area contributed by atoms with Crippen LogP contribution in [-0.2, 0) is 20.8 Å². The van der Waals surface area contributed by atoms with Crippen molar-refractivity contribution in [3.8, 4) is 0 Å². The Morgan fingerprint density at radius 1 is 1.40 bits per heavy atom. The quantitative estimate of drug-likeness (QED) is 0.754. The van der Waals surface area contributed by atoms with E-state index in [1.807, 2.05) is 0 Å². The van der Waals surface area contributed by atoms with Gasteiger partial charge in [0, 0.05) is 37.2 Å². The van der Waals surface area contributed by atoms with Crippen LogP contribution in [0.3, 0.4) is 0 Å². The van der Waals surface area contributed by atoms with Gasteiger partial charge < -0.3 is 9.47 Å². The first kappa shape index (κ1) is 13.8. The van der Waals surface area contributed by atoms with E-state index < -0.39 is 0 Å². The van der Waals surface area contributed by atoms with E-state index in [0.717, 1.165) is 44.7 Å². The molecule has 5 heteroatoms. The van der Waals surface area contributed by atoms with Crippen molar-refractivity contribution in [2.24, 2.45) is 0 Å². The maximum Gasteiger partial charge on any atom is 0.331 e. The third-order valence-corrected chi connectivity index (χ3v) is 4.46. The molecule has 0 bridgehead atoms. The lowest BCUT2D eigenvalue weighted by atomic mass is 10.2. The monoisotopic (exact) mass is 293 g/mol. The van der Waals surface area contributed by atoms with Gasteiger partial charge in [0.1, 0.15) is 6.61 Å². The molecule has 1 atom stereocenters. The second-order valence-electron chi connectivity index (χ2n) is 5.29. The number of carbonyl (C=O) groups excluding carboxylic acids is 1. The normalized spacial score (nSPS) is 22.4. The fourth-order valence-electron chi connectivity index (χ4n) is 2.68. The summed E-state index contributed by atoms with van der Waals surface area (Å²) in [7, 11) is 0. The van der Waals surface area contributed by atoms with Crippen LogP contribution in [0.2, 0.25) is 0 Å². The Morgan fingerprint density at radius 3 is 3.00 bits per heavy atom. The molecule has 0 aliphatic carbocycles. The molecular weight excluding hydrogens is 274 g/mol.